The summed E-state index contributed by atoms with van der Waals surface area (Å²) in [5.41, 5.74) is 5.39. The van der Waals surface area contributed by atoms with Crippen molar-refractivity contribution in [2.45, 2.75) is 153 Å². The number of nitrogens with one attached hydrogen (secondary N) is 3. The van der Waals surface area contributed by atoms with Crippen LogP contribution in [-0.4, -0.2) is 90.7 Å². The molecule has 0 spiro atoms. The topological polar surface area (TPSA) is 194 Å². The second-order valence-corrected chi connectivity index (χ2v) is 19.3. The van der Waals surface area contributed by atoms with Gasteiger partial charge in [-0.05, 0) is 61.8 Å². The minimum Gasteiger partial charge on any atom is -0.372 e. The lowest BCUT2D eigenvalue weighted by atomic mass is 9.80. The van der Waals surface area contributed by atoms with Gasteiger partial charge in [-0.2, -0.15) is 0 Å². The van der Waals surface area contributed by atoms with Crippen LogP contribution in [-0.2, 0) is 40.4 Å². The first-order chi connectivity index (χ1) is 26.2. The van der Waals surface area contributed by atoms with E-state index in [0.717, 1.165) is 63.4 Å². The van der Waals surface area contributed by atoms with E-state index in [1.807, 2.05) is 44.2 Å². The van der Waals surface area contributed by atoms with Gasteiger partial charge in [0, 0.05) is 13.0 Å². The van der Waals surface area contributed by atoms with Crippen LogP contribution in [0.1, 0.15) is 122 Å². The summed E-state index contributed by atoms with van der Waals surface area (Å²) in [5.74, 6) is -2.86. The molecule has 5 N–H and O–H groups in total. The van der Waals surface area contributed by atoms with Gasteiger partial charge in [0.2, 0.25) is 17.6 Å². The zero-order chi connectivity index (χ0) is 39.6. The number of hydrogen-bond donors (Lipinski definition) is 4. The molecule has 55 heavy (non-hydrogen) atoms. The number of Topliss-reactive ketones (excluding diaryl/α,β-unsaturated/α-hetero) is 1. The van der Waals surface area contributed by atoms with Gasteiger partial charge >= 0.3 is 6.03 Å². The van der Waals surface area contributed by atoms with Crippen LogP contribution in [0.5, 0.6) is 0 Å². The fourth-order valence-electron chi connectivity index (χ4n) is 8.82. The number of carbonyl (C=O) groups is 5. The fraction of sp³-hybridized carbons (Fsp3) is 0.732. The first-order valence-electron chi connectivity index (χ1n) is 20.6. The third-order valence-electron chi connectivity index (χ3n) is 12.2. The van der Waals surface area contributed by atoms with Crippen molar-refractivity contribution in [2.24, 2.45) is 23.5 Å². The molecule has 1 heterocycles. The van der Waals surface area contributed by atoms with Gasteiger partial charge in [-0.1, -0.05) is 102 Å². The Hall–Kier alpha value is -3.52. The average Bonchev–Trinajstić information content (AvgIpc) is 3.58. The van der Waals surface area contributed by atoms with Crippen molar-refractivity contribution in [1.29, 1.82) is 0 Å². The molecule has 1 aromatic carbocycles. The summed E-state index contributed by atoms with van der Waals surface area (Å²) in [6, 6.07) is 5.89. The predicted octanol–water partition coefficient (Wildman–Crippen LogP) is 4.31. The fourth-order valence-corrected chi connectivity index (χ4v) is 11.0. The third kappa shape index (κ3) is 12.2. The second kappa shape index (κ2) is 19.6. The molecule has 14 heteroatoms. The van der Waals surface area contributed by atoms with Crippen molar-refractivity contribution in [3.8, 4) is 0 Å². The molecule has 5 rings (SSSR count). The average molecular weight is 786 g/mol. The third-order valence-corrected chi connectivity index (χ3v) is 14.1. The molecule has 5 amide bonds. The Bertz CT molecular complexity index is 1590. The Kier molecular flexibility index (Phi) is 15.2. The second-order valence-electron chi connectivity index (χ2n) is 17.1. The Morgan fingerprint density at radius 1 is 0.909 bits per heavy atom. The highest BCUT2D eigenvalue weighted by molar-refractivity contribution is 7.91. The molecule has 4 atom stereocenters. The molecule has 4 aliphatic rings. The number of likely N-dealkylation sites (tertiary alicyclic amines) is 1. The zero-order valence-electron chi connectivity index (χ0n) is 32.8. The number of urea groups is 1. The van der Waals surface area contributed by atoms with E-state index in [0.29, 0.717) is 38.5 Å². The molecule has 1 aromatic rings. The predicted molar refractivity (Wildman–Crippen MR) is 209 cm³/mol. The van der Waals surface area contributed by atoms with Gasteiger partial charge in [0.05, 0.1) is 35.8 Å². The van der Waals surface area contributed by atoms with E-state index in [1.54, 1.807) is 0 Å². The van der Waals surface area contributed by atoms with E-state index < -0.39 is 69.1 Å². The highest BCUT2D eigenvalue weighted by atomic mass is 32.2. The molecule has 13 nitrogen and oxygen atoms in total. The Balaban J connectivity index is 1.37. The van der Waals surface area contributed by atoms with Crippen molar-refractivity contribution in [2.75, 3.05) is 18.1 Å². The smallest absolute Gasteiger partial charge is 0.315 e. The molecule has 3 saturated carbocycles. The first kappa shape index (κ1) is 42.6. The first-order valence-corrected chi connectivity index (χ1v) is 22.5. The minimum atomic E-state index is -3.46. The highest BCUT2D eigenvalue weighted by Crippen LogP contribution is 2.34. The van der Waals surface area contributed by atoms with Crippen molar-refractivity contribution < 1.29 is 37.1 Å². The lowest BCUT2D eigenvalue weighted by Gasteiger charge is -2.39. The SMILES string of the molecule is CC(C)CCS(=O)(=O)CC1(NC(=O)N[C@H](C(=O)N2CC(OCc3ccccc3)C[C@H]2C(=O)NC(CC2CCC2)C(=O)C(N)=O)C2CCCCC2)CCCCC1. The quantitative estimate of drug-likeness (QED) is 0.158. The van der Waals surface area contributed by atoms with Crippen LogP contribution in [0.4, 0.5) is 4.79 Å². The summed E-state index contributed by atoms with van der Waals surface area (Å²) in [5, 5.41) is 8.84. The summed E-state index contributed by atoms with van der Waals surface area (Å²) in [6.45, 7) is 4.33. The summed E-state index contributed by atoms with van der Waals surface area (Å²) < 4.78 is 32.9. The number of primary amides is 1. The zero-order valence-corrected chi connectivity index (χ0v) is 33.6. The Morgan fingerprint density at radius 2 is 1.58 bits per heavy atom. The van der Waals surface area contributed by atoms with Gasteiger partial charge in [0.15, 0.2) is 9.84 Å². The van der Waals surface area contributed by atoms with Crippen LogP contribution in [0.15, 0.2) is 30.3 Å². The molecular formula is C41H63N5O8S. The maximum Gasteiger partial charge on any atom is 0.315 e. The standard InChI is InChI=1S/C41H63N5O8S/c1-28(2)19-22-55(52,53)27-41(20-10-5-11-21-41)45-40(51)44-35(31-17-8-4-9-18-31)39(50)46-25-32(54-26-30-13-6-3-7-14-30)24-34(46)38(49)43-33(36(47)37(42)48)23-29-15-12-16-29/h3,6-7,13-14,28-29,31-35H,4-5,8-12,15-27H2,1-2H3,(H2,42,48)(H,43,49)(H2,44,45,51)/t32?,33?,34-,35-/m0/s1. The summed E-state index contributed by atoms with van der Waals surface area (Å²) in [4.78, 5) is 69.4. The minimum absolute atomic E-state index is 0.0530. The molecule has 2 unspecified atom stereocenters. The highest BCUT2D eigenvalue weighted by Gasteiger charge is 2.46. The maximum absolute atomic E-state index is 14.8. The van der Waals surface area contributed by atoms with Gasteiger partial charge < -0.3 is 31.3 Å². The largest absolute Gasteiger partial charge is 0.372 e. The summed E-state index contributed by atoms with van der Waals surface area (Å²) in [7, 11) is -3.46. The number of sulfone groups is 1. The van der Waals surface area contributed by atoms with Crippen LogP contribution in [0.2, 0.25) is 0 Å². The number of hydrogen-bond acceptors (Lipinski definition) is 8. The van der Waals surface area contributed by atoms with E-state index in [9.17, 15) is 32.4 Å². The number of ketones is 1. The van der Waals surface area contributed by atoms with Gasteiger partial charge in [-0.25, -0.2) is 13.2 Å². The van der Waals surface area contributed by atoms with Crippen molar-refractivity contribution in [3.05, 3.63) is 35.9 Å². The monoisotopic (exact) mass is 785 g/mol. The maximum atomic E-state index is 14.8. The van der Waals surface area contributed by atoms with Crippen LogP contribution in [0.25, 0.3) is 0 Å². The number of ether oxygens (including phenoxy) is 1. The van der Waals surface area contributed by atoms with E-state index >= 15 is 0 Å². The molecule has 1 saturated heterocycles. The number of carbonyl (C=O) groups excluding carboxylic acids is 5. The Labute approximate surface area is 326 Å². The molecule has 4 fully saturated rings. The van der Waals surface area contributed by atoms with Gasteiger partial charge in [0.1, 0.15) is 12.1 Å². The molecule has 306 valence electrons. The number of nitrogens with zero attached hydrogens (tertiary/aromatic N) is 1. The van der Waals surface area contributed by atoms with Gasteiger partial charge in [-0.3, -0.25) is 19.2 Å². The lowest BCUT2D eigenvalue weighted by Crippen LogP contribution is -2.62. The molecular weight excluding hydrogens is 723 g/mol. The number of nitrogens with two attached hydrogens (primary N) is 1. The van der Waals surface area contributed by atoms with E-state index in [1.165, 1.54) is 4.90 Å². The van der Waals surface area contributed by atoms with E-state index in [2.05, 4.69) is 16.0 Å². The van der Waals surface area contributed by atoms with Gasteiger partial charge in [-0.15, -0.1) is 0 Å². The molecule has 0 bridgehead atoms. The van der Waals surface area contributed by atoms with Crippen LogP contribution < -0.4 is 21.7 Å². The van der Waals surface area contributed by atoms with Gasteiger partial charge in [0.25, 0.3) is 5.91 Å². The lowest BCUT2D eigenvalue weighted by molar-refractivity contribution is -0.143. The van der Waals surface area contributed by atoms with Crippen LogP contribution in [0, 0.1) is 17.8 Å². The summed E-state index contributed by atoms with van der Waals surface area (Å²) >= 11 is 0. The normalized spacial score (nSPS) is 23.0. The molecule has 3 aliphatic carbocycles. The molecule has 0 radical (unpaired) electrons. The Morgan fingerprint density at radius 3 is 2.20 bits per heavy atom. The van der Waals surface area contributed by atoms with Crippen molar-refractivity contribution >= 4 is 39.4 Å². The summed E-state index contributed by atoms with van der Waals surface area (Å²) in [6.07, 6.45) is 11.1. The number of amides is 5. The van der Waals surface area contributed by atoms with Crippen LogP contribution >= 0.6 is 0 Å². The van der Waals surface area contributed by atoms with E-state index in [-0.39, 0.29) is 48.8 Å². The van der Waals surface area contributed by atoms with Crippen molar-refractivity contribution in [1.82, 2.24) is 20.9 Å². The number of rotatable bonds is 18. The van der Waals surface area contributed by atoms with Crippen LogP contribution in [0.3, 0.4) is 0 Å². The van der Waals surface area contributed by atoms with E-state index in [4.69, 9.17) is 10.5 Å². The van der Waals surface area contributed by atoms with Crippen molar-refractivity contribution in [3.63, 3.8) is 0 Å². The number of benzene rings is 1. The molecule has 0 aromatic heterocycles. The molecule has 1 aliphatic heterocycles.